The van der Waals surface area contributed by atoms with Gasteiger partial charge >= 0.3 is 7.82 Å². The third-order valence-electron chi connectivity index (χ3n) is 3.83. The van der Waals surface area contributed by atoms with Gasteiger partial charge in [-0.25, -0.2) is 4.57 Å². The highest BCUT2D eigenvalue weighted by Crippen LogP contribution is 2.53. The number of phosphoric acid groups is 1. The highest BCUT2D eigenvalue weighted by atomic mass is 31.2. The van der Waals surface area contributed by atoms with Crippen LogP contribution in [0, 0.1) is 5.92 Å². The first-order chi connectivity index (χ1) is 10.9. The lowest BCUT2D eigenvalue weighted by atomic mass is 9.90. The zero-order valence-corrected chi connectivity index (χ0v) is 14.3. The Morgan fingerprint density at radius 2 is 1.70 bits per heavy atom. The molecule has 2 saturated heterocycles. The van der Waals surface area contributed by atoms with Crippen LogP contribution in [0.25, 0.3) is 0 Å². The molecule has 8 nitrogen and oxygen atoms in total. The second-order valence-corrected chi connectivity index (χ2v) is 7.04. The van der Waals surface area contributed by atoms with Crippen molar-refractivity contribution >= 4 is 23.5 Å². The second-order valence-electron chi connectivity index (χ2n) is 5.36. The van der Waals surface area contributed by atoms with Crippen molar-refractivity contribution in [1.29, 1.82) is 0 Å². The molecule has 7 atom stereocenters. The predicted octanol–water partition coefficient (Wildman–Crippen LogP) is -0.161. The van der Waals surface area contributed by atoms with Crippen LogP contribution in [0.2, 0.25) is 0 Å². The number of methoxy groups -OCH3 is 2. The lowest BCUT2D eigenvalue weighted by Crippen LogP contribution is -2.36. The van der Waals surface area contributed by atoms with Gasteiger partial charge in [-0.15, -0.1) is 0 Å². The summed E-state index contributed by atoms with van der Waals surface area (Å²) in [5.74, 6) is -0.178. The Morgan fingerprint density at radius 3 is 2.30 bits per heavy atom. The van der Waals surface area contributed by atoms with Gasteiger partial charge in [0, 0.05) is 39.3 Å². The SMILES string of the molecule is [B][C@@H]1OCC(COC)[C@@H]1OP(=O)(OC)OC1CO[C@@H]([B])[C@H]1OC. The molecule has 2 heterocycles. The van der Waals surface area contributed by atoms with Gasteiger partial charge < -0.3 is 18.9 Å². The van der Waals surface area contributed by atoms with Crippen LogP contribution >= 0.6 is 7.82 Å². The molecule has 2 aliphatic heterocycles. The zero-order chi connectivity index (χ0) is 17.0. The van der Waals surface area contributed by atoms with Gasteiger partial charge in [-0.1, -0.05) is 0 Å². The number of hydrogen-bond acceptors (Lipinski definition) is 8. The summed E-state index contributed by atoms with van der Waals surface area (Å²) in [6.45, 7) is 0.798. The molecule has 0 aromatic rings. The summed E-state index contributed by atoms with van der Waals surface area (Å²) in [6, 6.07) is -1.42. The van der Waals surface area contributed by atoms with Gasteiger partial charge in [-0.3, -0.25) is 13.6 Å². The minimum absolute atomic E-state index is 0.116. The molecule has 0 aromatic heterocycles. The maximum atomic E-state index is 12.8. The quantitative estimate of drug-likeness (QED) is 0.443. The van der Waals surface area contributed by atoms with Crippen LogP contribution in [0.4, 0.5) is 0 Å². The molecule has 2 aliphatic rings. The Bertz CT molecular complexity index is 426. The third-order valence-corrected chi connectivity index (χ3v) is 5.30. The normalized spacial score (nSPS) is 40.3. The largest absolute Gasteiger partial charge is 0.475 e. The summed E-state index contributed by atoms with van der Waals surface area (Å²) in [6.07, 6.45) is -1.94. The van der Waals surface area contributed by atoms with Crippen molar-refractivity contribution in [2.45, 2.75) is 30.3 Å². The average molecular weight is 346 g/mol. The molecule has 2 rings (SSSR count). The van der Waals surface area contributed by atoms with E-state index in [2.05, 4.69) is 0 Å². The van der Waals surface area contributed by atoms with Crippen LogP contribution in [-0.4, -0.2) is 87.2 Å². The van der Waals surface area contributed by atoms with Gasteiger partial charge in [0.1, 0.15) is 27.9 Å². The summed E-state index contributed by atoms with van der Waals surface area (Å²) < 4.78 is 49.6. The van der Waals surface area contributed by atoms with Gasteiger partial charge in [0.05, 0.1) is 25.9 Å². The number of ether oxygens (including phenoxy) is 4. The number of rotatable bonds is 8. The summed E-state index contributed by atoms with van der Waals surface area (Å²) in [5, 5.41) is 0. The molecule has 11 heteroatoms. The molecule has 0 N–H and O–H groups in total. The molecule has 0 amide bonds. The van der Waals surface area contributed by atoms with E-state index >= 15 is 0 Å². The van der Waals surface area contributed by atoms with Crippen LogP contribution in [-0.2, 0) is 37.1 Å². The molecule has 0 saturated carbocycles. The molecule has 128 valence electrons. The van der Waals surface area contributed by atoms with E-state index in [0.29, 0.717) is 13.2 Å². The summed E-state index contributed by atoms with van der Waals surface area (Å²) >= 11 is 0. The van der Waals surface area contributed by atoms with E-state index in [1.54, 1.807) is 7.11 Å². The zero-order valence-electron chi connectivity index (χ0n) is 13.5. The maximum Gasteiger partial charge on any atom is 0.475 e. The maximum absolute atomic E-state index is 12.8. The first-order valence-corrected chi connectivity index (χ1v) is 8.68. The fourth-order valence-corrected chi connectivity index (χ4v) is 3.93. The van der Waals surface area contributed by atoms with E-state index < -0.39 is 38.1 Å². The highest BCUT2D eigenvalue weighted by molar-refractivity contribution is 7.48. The number of phosphoric ester groups is 1. The van der Waals surface area contributed by atoms with E-state index in [1.165, 1.54) is 14.2 Å². The van der Waals surface area contributed by atoms with Crippen molar-refractivity contribution in [3.63, 3.8) is 0 Å². The Kier molecular flexibility index (Phi) is 7.13. The highest BCUT2D eigenvalue weighted by Gasteiger charge is 2.45. The summed E-state index contributed by atoms with van der Waals surface area (Å²) in [7, 11) is 11.9. The van der Waals surface area contributed by atoms with E-state index in [9.17, 15) is 4.57 Å². The minimum atomic E-state index is -3.91. The molecular weight excluding hydrogens is 325 g/mol. The van der Waals surface area contributed by atoms with Gasteiger partial charge in [-0.05, 0) is 0 Å². The van der Waals surface area contributed by atoms with E-state index in [4.69, 9.17) is 48.2 Å². The van der Waals surface area contributed by atoms with E-state index in [-0.39, 0.29) is 12.5 Å². The van der Waals surface area contributed by atoms with Crippen molar-refractivity contribution in [2.24, 2.45) is 5.92 Å². The monoisotopic (exact) mass is 346 g/mol. The van der Waals surface area contributed by atoms with Crippen LogP contribution in [0.1, 0.15) is 0 Å². The standard InChI is InChI=1S/C12H21B2O8P/c1-16-4-7-5-19-11(13)9(7)22-23(15,18-3)21-8-6-20-12(14)10(8)17-2/h7-12H,4-6H2,1-3H3/t7?,8?,9-,10-,11+,12+,23?/m0/s1. The van der Waals surface area contributed by atoms with Crippen LogP contribution in [0.15, 0.2) is 0 Å². The predicted molar refractivity (Wildman–Crippen MR) is 81.5 cm³/mol. The van der Waals surface area contributed by atoms with Crippen molar-refractivity contribution in [2.75, 3.05) is 41.2 Å². The first kappa shape index (κ1) is 19.4. The smallest absolute Gasteiger partial charge is 0.385 e. The van der Waals surface area contributed by atoms with Crippen LogP contribution < -0.4 is 0 Å². The Balaban J connectivity index is 2.03. The molecule has 4 radical (unpaired) electrons. The molecule has 3 unspecified atom stereocenters. The fourth-order valence-electron chi connectivity index (χ4n) is 2.61. The fraction of sp³-hybridized carbons (Fsp3) is 1.00. The molecule has 23 heavy (non-hydrogen) atoms. The lowest BCUT2D eigenvalue weighted by Gasteiger charge is -2.28. The first-order valence-electron chi connectivity index (χ1n) is 7.22. The van der Waals surface area contributed by atoms with Gasteiger partial charge in [0.2, 0.25) is 0 Å². The topological polar surface area (TPSA) is 81.7 Å². The molecule has 0 aliphatic carbocycles. The van der Waals surface area contributed by atoms with Crippen LogP contribution in [0.5, 0.6) is 0 Å². The van der Waals surface area contributed by atoms with E-state index in [0.717, 1.165) is 0 Å². The van der Waals surface area contributed by atoms with Crippen molar-refractivity contribution in [3.05, 3.63) is 0 Å². The van der Waals surface area contributed by atoms with Gasteiger partial charge in [-0.2, -0.15) is 0 Å². The molecular formula is C12H21B2O8P. The summed E-state index contributed by atoms with van der Waals surface area (Å²) in [4.78, 5) is 0. The minimum Gasteiger partial charge on any atom is -0.385 e. The molecule has 0 spiro atoms. The van der Waals surface area contributed by atoms with Crippen LogP contribution in [0.3, 0.4) is 0 Å². The van der Waals surface area contributed by atoms with Gasteiger partial charge in [0.15, 0.2) is 0 Å². The Morgan fingerprint density at radius 1 is 1.04 bits per heavy atom. The van der Waals surface area contributed by atoms with E-state index in [1.807, 2.05) is 0 Å². The number of hydrogen-bond donors (Lipinski definition) is 0. The van der Waals surface area contributed by atoms with Crippen molar-refractivity contribution in [1.82, 2.24) is 0 Å². The Hall–Kier alpha value is 0.0799. The molecule has 0 bridgehead atoms. The third kappa shape index (κ3) is 4.58. The van der Waals surface area contributed by atoms with Crippen molar-refractivity contribution in [3.8, 4) is 0 Å². The lowest BCUT2D eigenvalue weighted by molar-refractivity contribution is -0.0122. The Labute approximate surface area is 138 Å². The molecule has 0 aromatic carbocycles. The summed E-state index contributed by atoms with van der Waals surface area (Å²) in [5.41, 5.74) is 0. The van der Waals surface area contributed by atoms with Gasteiger partial charge in [0.25, 0.3) is 0 Å². The average Bonchev–Trinajstić information content (AvgIpc) is 3.04. The molecule has 2 fully saturated rings. The second kappa shape index (κ2) is 8.45. The van der Waals surface area contributed by atoms with Crippen molar-refractivity contribution < 1.29 is 37.1 Å².